The molecule has 7 heteroatoms. The van der Waals surface area contributed by atoms with Crippen LogP contribution in [0.5, 0.6) is 0 Å². The first-order chi connectivity index (χ1) is 14.8. The molecule has 0 radical (unpaired) electrons. The lowest BCUT2D eigenvalue weighted by Crippen LogP contribution is -2.53. The van der Waals surface area contributed by atoms with Crippen molar-refractivity contribution in [3.8, 4) is 0 Å². The molecule has 4 rings (SSSR count). The maximum atomic E-state index is 13.1. The number of carbonyl (C=O) groups is 3. The first kappa shape index (κ1) is 21.7. The average molecular weight is 427 g/mol. The van der Waals surface area contributed by atoms with E-state index in [1.165, 1.54) is 16.8 Å². The minimum absolute atomic E-state index is 0.150. The van der Waals surface area contributed by atoms with Gasteiger partial charge in [-0.2, -0.15) is 0 Å². The molecule has 1 aromatic rings. The minimum Gasteiger partial charge on any atom is -0.368 e. The number of nitrogens with zero attached hydrogens (tertiary/aromatic N) is 3. The Morgan fingerprint density at radius 3 is 2.42 bits per heavy atom. The Hall–Kier alpha value is -2.57. The number of nitrogens with one attached hydrogen (secondary N) is 1. The van der Waals surface area contributed by atoms with Gasteiger partial charge in [-0.15, -0.1) is 0 Å². The third-order valence-corrected chi connectivity index (χ3v) is 7.62. The van der Waals surface area contributed by atoms with E-state index in [0.29, 0.717) is 31.8 Å². The third kappa shape index (κ3) is 4.02. The topological polar surface area (TPSA) is 73.0 Å². The number of aryl methyl sites for hydroxylation is 1. The summed E-state index contributed by atoms with van der Waals surface area (Å²) in [7, 11) is 0. The Bertz CT molecular complexity index is 868. The summed E-state index contributed by atoms with van der Waals surface area (Å²) in [4.78, 5) is 43.8. The summed E-state index contributed by atoms with van der Waals surface area (Å²) < 4.78 is 0. The van der Waals surface area contributed by atoms with Crippen LogP contribution in [0.1, 0.15) is 50.2 Å². The number of imide groups is 1. The van der Waals surface area contributed by atoms with E-state index in [1.54, 1.807) is 4.90 Å². The Morgan fingerprint density at radius 1 is 1.10 bits per heavy atom. The van der Waals surface area contributed by atoms with Gasteiger partial charge in [-0.1, -0.05) is 25.5 Å². The lowest BCUT2D eigenvalue weighted by atomic mass is 9.75. The fraction of sp³-hybridized carbons (Fsp3) is 0.625. The molecule has 3 fully saturated rings. The number of anilines is 1. The summed E-state index contributed by atoms with van der Waals surface area (Å²) in [6.07, 6.45) is 4.36. The van der Waals surface area contributed by atoms with Crippen molar-refractivity contribution in [2.75, 3.05) is 37.6 Å². The summed E-state index contributed by atoms with van der Waals surface area (Å²) in [6.45, 7) is 8.94. The van der Waals surface area contributed by atoms with Crippen molar-refractivity contribution in [2.24, 2.45) is 5.92 Å². The number of piperazine rings is 1. The zero-order chi connectivity index (χ0) is 22.2. The number of amides is 4. The monoisotopic (exact) mass is 426 g/mol. The van der Waals surface area contributed by atoms with Crippen molar-refractivity contribution in [3.05, 3.63) is 29.3 Å². The number of urea groups is 1. The van der Waals surface area contributed by atoms with Gasteiger partial charge in [0.15, 0.2) is 0 Å². The van der Waals surface area contributed by atoms with E-state index in [1.807, 2.05) is 0 Å². The molecule has 0 aromatic heterocycles. The van der Waals surface area contributed by atoms with Crippen LogP contribution in [0.2, 0.25) is 0 Å². The van der Waals surface area contributed by atoms with Crippen LogP contribution < -0.4 is 10.2 Å². The number of hydrogen-bond donors (Lipinski definition) is 1. The fourth-order valence-electron chi connectivity index (χ4n) is 5.25. The van der Waals surface area contributed by atoms with E-state index in [2.05, 4.69) is 49.2 Å². The molecule has 3 aliphatic rings. The highest BCUT2D eigenvalue weighted by atomic mass is 16.2. The summed E-state index contributed by atoms with van der Waals surface area (Å²) >= 11 is 0. The lowest BCUT2D eigenvalue weighted by Gasteiger charge is -2.37. The van der Waals surface area contributed by atoms with Crippen molar-refractivity contribution in [3.63, 3.8) is 0 Å². The van der Waals surface area contributed by atoms with Gasteiger partial charge in [-0.25, -0.2) is 4.79 Å². The average Bonchev–Trinajstić information content (AvgIpc) is 3.00. The fourth-order valence-corrected chi connectivity index (χ4v) is 5.25. The van der Waals surface area contributed by atoms with Gasteiger partial charge in [0.05, 0.1) is 0 Å². The van der Waals surface area contributed by atoms with E-state index in [0.717, 1.165) is 37.3 Å². The van der Waals surface area contributed by atoms with Crippen LogP contribution in [-0.2, 0) is 9.59 Å². The first-order valence-electron chi connectivity index (χ1n) is 11.6. The van der Waals surface area contributed by atoms with Crippen LogP contribution in [0.25, 0.3) is 0 Å². The second-order valence-corrected chi connectivity index (χ2v) is 9.34. The smallest absolute Gasteiger partial charge is 0.325 e. The molecular formula is C24H34N4O3. The highest BCUT2D eigenvalue weighted by molar-refractivity contribution is 6.09. The van der Waals surface area contributed by atoms with E-state index < -0.39 is 11.6 Å². The molecule has 0 unspecified atom stereocenters. The molecule has 1 saturated carbocycles. The molecule has 2 aliphatic heterocycles. The zero-order valence-electron chi connectivity index (χ0n) is 18.9. The Morgan fingerprint density at radius 2 is 1.77 bits per heavy atom. The van der Waals surface area contributed by atoms with Crippen LogP contribution in [0.15, 0.2) is 18.2 Å². The van der Waals surface area contributed by atoms with Gasteiger partial charge in [-0.05, 0) is 62.6 Å². The van der Waals surface area contributed by atoms with Gasteiger partial charge in [0.1, 0.15) is 12.1 Å². The number of rotatable bonds is 4. The molecule has 1 aliphatic carbocycles. The predicted octanol–water partition coefficient (Wildman–Crippen LogP) is 2.84. The van der Waals surface area contributed by atoms with Gasteiger partial charge in [-0.3, -0.25) is 14.5 Å². The Labute approximate surface area is 184 Å². The molecule has 7 nitrogen and oxygen atoms in total. The van der Waals surface area contributed by atoms with Crippen LogP contribution >= 0.6 is 0 Å². The zero-order valence-corrected chi connectivity index (χ0v) is 18.9. The molecule has 168 valence electrons. The van der Waals surface area contributed by atoms with Gasteiger partial charge in [0.25, 0.3) is 5.91 Å². The van der Waals surface area contributed by atoms with Crippen LogP contribution in [0.3, 0.4) is 0 Å². The van der Waals surface area contributed by atoms with Crippen LogP contribution in [0.4, 0.5) is 10.5 Å². The maximum absolute atomic E-state index is 13.1. The van der Waals surface area contributed by atoms with Crippen molar-refractivity contribution >= 4 is 23.5 Å². The third-order valence-electron chi connectivity index (χ3n) is 7.62. The van der Waals surface area contributed by atoms with E-state index in [-0.39, 0.29) is 18.4 Å². The van der Waals surface area contributed by atoms with Crippen molar-refractivity contribution in [1.82, 2.24) is 15.1 Å². The molecule has 0 atom stereocenters. The summed E-state index contributed by atoms with van der Waals surface area (Å²) in [5, 5.41) is 2.92. The summed E-state index contributed by atoms with van der Waals surface area (Å²) in [6, 6.07) is 5.89. The van der Waals surface area contributed by atoms with Crippen molar-refractivity contribution < 1.29 is 14.4 Å². The largest absolute Gasteiger partial charge is 0.368 e. The second-order valence-electron chi connectivity index (χ2n) is 9.34. The summed E-state index contributed by atoms with van der Waals surface area (Å²) in [5.74, 6) is 0.261. The number of hydrogen-bond acceptors (Lipinski definition) is 4. The molecular weight excluding hydrogens is 392 g/mol. The Balaban J connectivity index is 1.34. The first-order valence-corrected chi connectivity index (χ1v) is 11.6. The number of benzene rings is 1. The molecule has 4 amide bonds. The molecule has 2 saturated heterocycles. The van der Waals surface area contributed by atoms with E-state index in [9.17, 15) is 14.4 Å². The van der Waals surface area contributed by atoms with Crippen LogP contribution in [-0.4, -0.2) is 65.9 Å². The quantitative estimate of drug-likeness (QED) is 0.752. The van der Waals surface area contributed by atoms with E-state index in [4.69, 9.17) is 0 Å². The molecule has 1 N–H and O–H groups in total. The molecule has 1 aromatic carbocycles. The van der Waals surface area contributed by atoms with Crippen LogP contribution in [0, 0.1) is 19.8 Å². The molecule has 0 bridgehead atoms. The second kappa shape index (κ2) is 8.52. The van der Waals surface area contributed by atoms with Crippen molar-refractivity contribution in [1.29, 1.82) is 0 Å². The van der Waals surface area contributed by atoms with Gasteiger partial charge >= 0.3 is 6.03 Å². The normalized spacial score (nSPS) is 26.5. The van der Waals surface area contributed by atoms with Gasteiger partial charge in [0.2, 0.25) is 5.91 Å². The standard InChI is InChI=1S/C24H34N4O3/c1-4-19-8-10-24(11-9-19)22(30)28(23(31)25-24)16-21(29)27-14-12-26(13-15-27)20-7-5-6-17(2)18(20)3/h5-7,19H,4,8-16H2,1-3H3,(H,25,31). The highest BCUT2D eigenvalue weighted by Gasteiger charge is 2.52. The number of carbonyl (C=O) groups excluding carboxylic acids is 3. The summed E-state index contributed by atoms with van der Waals surface area (Å²) in [5.41, 5.74) is 2.96. The SMILES string of the molecule is CCC1CCC2(CC1)NC(=O)N(CC(=O)N1CCN(c3cccc(C)c3C)CC1)C2=O. The van der Waals surface area contributed by atoms with Gasteiger partial charge < -0.3 is 15.1 Å². The van der Waals surface area contributed by atoms with Crippen molar-refractivity contribution in [2.45, 2.75) is 58.4 Å². The van der Waals surface area contributed by atoms with Gasteiger partial charge in [0, 0.05) is 31.9 Å². The molecule has 1 spiro atoms. The molecule has 2 heterocycles. The Kier molecular flexibility index (Phi) is 5.95. The highest BCUT2D eigenvalue weighted by Crippen LogP contribution is 2.37. The maximum Gasteiger partial charge on any atom is 0.325 e. The lowest BCUT2D eigenvalue weighted by molar-refractivity contribution is -0.139. The minimum atomic E-state index is -0.787. The predicted molar refractivity (Wildman–Crippen MR) is 120 cm³/mol. The molecule has 31 heavy (non-hydrogen) atoms. The van der Waals surface area contributed by atoms with E-state index >= 15 is 0 Å².